The van der Waals surface area contributed by atoms with Gasteiger partial charge in [0, 0.05) is 0 Å². The Balaban J connectivity index is 3.89. The molecule has 0 spiro atoms. The van der Waals surface area contributed by atoms with E-state index in [1.54, 1.807) is 0 Å². The highest BCUT2D eigenvalue weighted by molar-refractivity contribution is 4.73. The van der Waals surface area contributed by atoms with Crippen molar-refractivity contribution in [1.82, 2.24) is 0 Å². The summed E-state index contributed by atoms with van der Waals surface area (Å²) < 4.78 is 0. The molecule has 0 aliphatic carbocycles. The topological polar surface area (TPSA) is 0 Å². The van der Waals surface area contributed by atoms with Crippen molar-refractivity contribution in [3.8, 4) is 0 Å². The largest absolute Gasteiger partial charge is 0.0628 e. The average molecular weight is 184 g/mol. The maximum Gasteiger partial charge on any atom is -0.0352 e. The van der Waals surface area contributed by atoms with Crippen molar-refractivity contribution in [3.63, 3.8) is 0 Å². The first-order chi connectivity index (χ1) is 5.62. The molecule has 0 N–H and O–H groups in total. The summed E-state index contributed by atoms with van der Waals surface area (Å²) in [4.78, 5) is 0. The molecular weight excluding hydrogens is 156 g/mol. The highest BCUT2D eigenvalue weighted by atomic mass is 14.3. The summed E-state index contributed by atoms with van der Waals surface area (Å²) in [5, 5.41) is 0. The molecule has 0 radical (unpaired) electrons. The molecule has 0 fully saturated rings. The van der Waals surface area contributed by atoms with E-state index in [1.165, 1.54) is 19.3 Å². The van der Waals surface area contributed by atoms with Crippen molar-refractivity contribution in [2.75, 3.05) is 0 Å². The average Bonchev–Trinajstić information content (AvgIpc) is 1.79. The minimum absolute atomic E-state index is 0.494. The van der Waals surface area contributed by atoms with Gasteiger partial charge in [-0.15, -0.1) is 0 Å². The van der Waals surface area contributed by atoms with E-state index in [1.807, 2.05) is 0 Å². The van der Waals surface area contributed by atoms with Crippen molar-refractivity contribution < 1.29 is 0 Å². The van der Waals surface area contributed by atoms with Gasteiger partial charge in [0.15, 0.2) is 0 Å². The molecule has 13 heavy (non-hydrogen) atoms. The summed E-state index contributed by atoms with van der Waals surface area (Å²) in [6.45, 7) is 16.4. The molecule has 0 unspecified atom stereocenters. The van der Waals surface area contributed by atoms with Gasteiger partial charge in [-0.25, -0.2) is 0 Å². The molecule has 0 saturated heterocycles. The minimum atomic E-state index is 0.494. The van der Waals surface area contributed by atoms with Gasteiger partial charge in [-0.1, -0.05) is 48.5 Å². The molecule has 0 atom stereocenters. The van der Waals surface area contributed by atoms with Gasteiger partial charge < -0.3 is 0 Å². The number of hydrogen-bond donors (Lipinski definition) is 0. The molecule has 0 aliphatic rings. The van der Waals surface area contributed by atoms with Gasteiger partial charge in [0.1, 0.15) is 0 Å². The Morgan fingerprint density at radius 2 is 1.31 bits per heavy atom. The third-order valence-electron chi connectivity index (χ3n) is 2.51. The predicted octanol–water partition coefficient (Wildman–Crippen LogP) is 4.89. The van der Waals surface area contributed by atoms with E-state index in [0.29, 0.717) is 10.8 Å². The first kappa shape index (κ1) is 13.0. The molecule has 0 saturated carbocycles. The summed E-state index contributed by atoms with van der Waals surface area (Å²) in [6, 6.07) is 0. The van der Waals surface area contributed by atoms with Crippen molar-refractivity contribution >= 4 is 0 Å². The Bertz CT molecular complexity index is 135. The molecule has 0 rings (SSSR count). The van der Waals surface area contributed by atoms with Crippen LogP contribution in [0.4, 0.5) is 0 Å². The maximum absolute atomic E-state index is 2.40. The summed E-state index contributed by atoms with van der Waals surface area (Å²) in [7, 11) is 0. The van der Waals surface area contributed by atoms with Crippen LogP contribution in [0.5, 0.6) is 0 Å². The third kappa shape index (κ3) is 8.33. The lowest BCUT2D eigenvalue weighted by Gasteiger charge is -2.30. The quantitative estimate of drug-likeness (QED) is 0.584. The zero-order valence-corrected chi connectivity index (χ0v) is 10.7. The second-order valence-electron chi connectivity index (χ2n) is 6.82. The Morgan fingerprint density at radius 3 is 1.62 bits per heavy atom. The highest BCUT2D eigenvalue weighted by Crippen LogP contribution is 2.34. The Hall–Kier alpha value is 0. The van der Waals surface area contributed by atoms with Crippen molar-refractivity contribution in [2.24, 2.45) is 16.7 Å². The zero-order valence-electron chi connectivity index (χ0n) is 10.7. The van der Waals surface area contributed by atoms with Crippen molar-refractivity contribution in [1.29, 1.82) is 0 Å². The molecule has 0 aliphatic heterocycles. The fraction of sp³-hybridized carbons (Fsp3) is 1.00. The van der Waals surface area contributed by atoms with Gasteiger partial charge in [-0.2, -0.15) is 0 Å². The smallest absolute Gasteiger partial charge is 0.0352 e. The van der Waals surface area contributed by atoms with Gasteiger partial charge in [0.25, 0.3) is 0 Å². The predicted molar refractivity (Wildman–Crippen MR) is 61.9 cm³/mol. The fourth-order valence-electron chi connectivity index (χ4n) is 1.92. The SMILES string of the molecule is CC(C)CC(C)(C)CCC(C)(C)C. The normalized spacial score (nSPS) is 13.8. The Kier molecular flexibility index (Phi) is 4.48. The van der Waals surface area contributed by atoms with Crippen LogP contribution < -0.4 is 0 Å². The van der Waals surface area contributed by atoms with E-state index in [0.717, 1.165) is 5.92 Å². The van der Waals surface area contributed by atoms with Crippen molar-refractivity contribution in [3.05, 3.63) is 0 Å². The van der Waals surface area contributed by atoms with Gasteiger partial charge in [-0.3, -0.25) is 0 Å². The van der Waals surface area contributed by atoms with Crippen LogP contribution in [0.1, 0.15) is 67.7 Å². The maximum atomic E-state index is 2.40. The van der Waals surface area contributed by atoms with Gasteiger partial charge in [0.05, 0.1) is 0 Å². The molecule has 0 bridgehead atoms. The lowest BCUT2D eigenvalue weighted by molar-refractivity contribution is 0.217. The van der Waals surface area contributed by atoms with Gasteiger partial charge in [-0.05, 0) is 36.0 Å². The third-order valence-corrected chi connectivity index (χ3v) is 2.51. The zero-order chi connectivity index (χ0) is 10.7. The highest BCUT2D eigenvalue weighted by Gasteiger charge is 2.22. The van der Waals surface area contributed by atoms with Crippen molar-refractivity contribution in [2.45, 2.75) is 67.7 Å². The van der Waals surface area contributed by atoms with Crippen LogP contribution in [-0.2, 0) is 0 Å². The first-order valence-electron chi connectivity index (χ1n) is 5.62. The molecule has 0 aromatic heterocycles. The summed E-state index contributed by atoms with van der Waals surface area (Å²) in [5.41, 5.74) is 1.02. The van der Waals surface area contributed by atoms with E-state index >= 15 is 0 Å². The van der Waals surface area contributed by atoms with E-state index < -0.39 is 0 Å². The molecule has 0 nitrogen and oxygen atoms in total. The van der Waals surface area contributed by atoms with E-state index in [9.17, 15) is 0 Å². The lowest BCUT2D eigenvalue weighted by atomic mass is 9.76. The Morgan fingerprint density at radius 1 is 0.846 bits per heavy atom. The standard InChI is InChI=1S/C13H28/c1-11(2)10-13(6,7)9-8-12(3,4)5/h11H,8-10H2,1-7H3. The Labute approximate surface area is 85.1 Å². The fourth-order valence-corrected chi connectivity index (χ4v) is 1.92. The van der Waals surface area contributed by atoms with Gasteiger partial charge >= 0.3 is 0 Å². The second-order valence-corrected chi connectivity index (χ2v) is 6.82. The van der Waals surface area contributed by atoms with Gasteiger partial charge in [0.2, 0.25) is 0 Å². The van der Waals surface area contributed by atoms with Crippen LogP contribution in [0, 0.1) is 16.7 Å². The van der Waals surface area contributed by atoms with E-state index in [-0.39, 0.29) is 0 Å². The van der Waals surface area contributed by atoms with Crippen LogP contribution in [0.3, 0.4) is 0 Å². The second kappa shape index (κ2) is 4.48. The van der Waals surface area contributed by atoms with E-state index in [2.05, 4.69) is 48.5 Å². The summed E-state index contributed by atoms with van der Waals surface area (Å²) >= 11 is 0. The molecule has 0 heteroatoms. The van der Waals surface area contributed by atoms with E-state index in [4.69, 9.17) is 0 Å². The van der Waals surface area contributed by atoms with Crippen LogP contribution in [0.25, 0.3) is 0 Å². The van der Waals surface area contributed by atoms with Crippen LogP contribution in [0.15, 0.2) is 0 Å². The minimum Gasteiger partial charge on any atom is -0.0628 e. The van der Waals surface area contributed by atoms with Crippen LogP contribution >= 0.6 is 0 Å². The molecule has 80 valence electrons. The van der Waals surface area contributed by atoms with Crippen LogP contribution in [-0.4, -0.2) is 0 Å². The lowest BCUT2D eigenvalue weighted by Crippen LogP contribution is -2.18. The summed E-state index contributed by atoms with van der Waals surface area (Å²) in [6.07, 6.45) is 4.05. The molecule has 0 aromatic rings. The molecular formula is C13H28. The first-order valence-corrected chi connectivity index (χ1v) is 5.62. The number of hydrogen-bond acceptors (Lipinski definition) is 0. The monoisotopic (exact) mass is 184 g/mol. The summed E-state index contributed by atoms with van der Waals surface area (Å²) in [5.74, 6) is 0.829. The molecule has 0 aromatic carbocycles. The number of rotatable bonds is 4. The molecule has 0 heterocycles. The van der Waals surface area contributed by atoms with Crippen LogP contribution in [0.2, 0.25) is 0 Å². The molecule has 0 amide bonds.